The van der Waals surface area contributed by atoms with Crippen molar-refractivity contribution in [3.05, 3.63) is 100 Å². The molecule has 1 heterocycles. The first-order chi connectivity index (χ1) is 16.9. The van der Waals surface area contributed by atoms with E-state index in [1.165, 1.54) is 6.07 Å². The SMILES string of the molecule is CCOc1ccc(NS(=O)(=O)c2ccc3c(c2)[C@H]2C=CC[C@H]2[C@H](c2cccc([N+](=O)[O-])c2)N3)cc1. The molecule has 0 radical (unpaired) electrons. The average Bonchev–Trinajstić information content (AvgIpc) is 3.35. The second kappa shape index (κ2) is 9.07. The van der Waals surface area contributed by atoms with E-state index in [0.29, 0.717) is 18.0 Å². The van der Waals surface area contributed by atoms with E-state index in [-0.39, 0.29) is 33.4 Å². The number of benzene rings is 3. The van der Waals surface area contributed by atoms with Crippen LogP contribution in [0.1, 0.15) is 36.4 Å². The number of nitro benzene ring substituents is 1. The van der Waals surface area contributed by atoms with Gasteiger partial charge in [-0.1, -0.05) is 24.3 Å². The van der Waals surface area contributed by atoms with Crippen LogP contribution in [-0.4, -0.2) is 19.9 Å². The lowest BCUT2D eigenvalue weighted by molar-refractivity contribution is -0.384. The highest BCUT2D eigenvalue weighted by atomic mass is 32.2. The molecule has 3 aromatic carbocycles. The van der Waals surface area contributed by atoms with Crippen molar-refractivity contribution in [1.29, 1.82) is 0 Å². The highest BCUT2D eigenvalue weighted by Crippen LogP contribution is 2.50. The summed E-state index contributed by atoms with van der Waals surface area (Å²) < 4.78 is 34.3. The predicted molar refractivity (Wildman–Crippen MR) is 134 cm³/mol. The number of allylic oxidation sites excluding steroid dienone is 2. The predicted octanol–water partition coefficient (Wildman–Crippen LogP) is 5.62. The summed E-state index contributed by atoms with van der Waals surface area (Å²) in [5.41, 5.74) is 3.08. The maximum Gasteiger partial charge on any atom is 0.269 e. The van der Waals surface area contributed by atoms with Gasteiger partial charge in [-0.3, -0.25) is 14.8 Å². The van der Waals surface area contributed by atoms with Gasteiger partial charge in [0.2, 0.25) is 0 Å². The molecule has 0 spiro atoms. The molecule has 0 saturated carbocycles. The maximum absolute atomic E-state index is 13.1. The van der Waals surface area contributed by atoms with Crippen LogP contribution < -0.4 is 14.8 Å². The molecule has 1 aliphatic heterocycles. The van der Waals surface area contributed by atoms with E-state index in [2.05, 4.69) is 22.2 Å². The molecule has 0 aromatic heterocycles. The molecule has 2 aliphatic rings. The summed E-state index contributed by atoms with van der Waals surface area (Å²) in [5.74, 6) is 0.810. The Labute approximate surface area is 203 Å². The van der Waals surface area contributed by atoms with Gasteiger partial charge in [0.1, 0.15) is 5.75 Å². The third kappa shape index (κ3) is 4.46. The van der Waals surface area contributed by atoms with Gasteiger partial charge in [0.25, 0.3) is 15.7 Å². The van der Waals surface area contributed by atoms with E-state index < -0.39 is 10.0 Å². The lowest BCUT2D eigenvalue weighted by atomic mass is 9.77. The molecule has 0 amide bonds. The number of nitro groups is 1. The van der Waals surface area contributed by atoms with Crippen LogP contribution in [0.25, 0.3) is 0 Å². The van der Waals surface area contributed by atoms with E-state index in [9.17, 15) is 18.5 Å². The number of non-ortho nitro benzene ring substituents is 1. The fourth-order valence-corrected chi connectivity index (χ4v) is 5.99. The Balaban J connectivity index is 1.44. The molecule has 3 atom stereocenters. The van der Waals surface area contributed by atoms with Crippen molar-refractivity contribution in [2.24, 2.45) is 5.92 Å². The summed E-state index contributed by atoms with van der Waals surface area (Å²) in [6, 6.07) is 18.4. The minimum absolute atomic E-state index is 0.0103. The van der Waals surface area contributed by atoms with Gasteiger partial charge in [-0.05, 0) is 72.9 Å². The number of hydrogen-bond donors (Lipinski definition) is 2. The van der Waals surface area contributed by atoms with Crippen molar-refractivity contribution in [1.82, 2.24) is 0 Å². The fourth-order valence-electron chi connectivity index (χ4n) is 4.90. The smallest absolute Gasteiger partial charge is 0.269 e. The Morgan fingerprint density at radius 1 is 1.11 bits per heavy atom. The largest absolute Gasteiger partial charge is 0.494 e. The van der Waals surface area contributed by atoms with Crippen LogP contribution in [0.5, 0.6) is 5.75 Å². The molecular formula is C26H25N3O5S. The van der Waals surface area contributed by atoms with Crippen molar-refractivity contribution in [2.45, 2.75) is 30.2 Å². The molecule has 0 saturated heterocycles. The number of sulfonamides is 1. The van der Waals surface area contributed by atoms with Gasteiger partial charge in [-0.15, -0.1) is 0 Å². The zero-order chi connectivity index (χ0) is 24.6. The number of anilines is 2. The summed E-state index contributed by atoms with van der Waals surface area (Å²) >= 11 is 0. The first-order valence-corrected chi connectivity index (χ1v) is 12.9. The molecular weight excluding hydrogens is 466 g/mol. The Hall–Kier alpha value is -3.85. The topological polar surface area (TPSA) is 111 Å². The summed E-state index contributed by atoms with van der Waals surface area (Å²) in [5, 5.41) is 14.8. The third-order valence-electron chi connectivity index (χ3n) is 6.50. The highest BCUT2D eigenvalue weighted by Gasteiger charge is 2.38. The zero-order valence-electron chi connectivity index (χ0n) is 19.0. The van der Waals surface area contributed by atoms with Gasteiger partial charge in [-0.2, -0.15) is 0 Å². The Bertz CT molecular complexity index is 1400. The second-order valence-corrected chi connectivity index (χ2v) is 10.3. The molecule has 8 nitrogen and oxygen atoms in total. The van der Waals surface area contributed by atoms with Crippen molar-refractivity contribution in [3.8, 4) is 5.75 Å². The van der Waals surface area contributed by atoms with Crippen LogP contribution in [0.15, 0.2) is 83.8 Å². The van der Waals surface area contributed by atoms with Crippen LogP contribution in [0.2, 0.25) is 0 Å². The number of nitrogens with one attached hydrogen (secondary N) is 2. The van der Waals surface area contributed by atoms with Gasteiger partial charge in [0.05, 0.1) is 22.5 Å². The molecule has 9 heteroatoms. The standard InChI is InChI=1S/C26H25N3O5S/c1-2-34-20-11-9-18(10-12-20)28-35(32,33)21-13-14-25-24(16-21)22-7-4-8-23(22)26(27-25)17-5-3-6-19(15-17)29(30)31/h3-7,9-16,22-23,26-28H,2,8H2,1H3/t22-,23+,26-/m0/s1. The lowest BCUT2D eigenvalue weighted by Crippen LogP contribution is -2.29. The zero-order valence-corrected chi connectivity index (χ0v) is 19.9. The molecule has 35 heavy (non-hydrogen) atoms. The molecule has 3 aromatic rings. The molecule has 180 valence electrons. The Morgan fingerprint density at radius 3 is 2.66 bits per heavy atom. The van der Waals surface area contributed by atoms with E-state index in [4.69, 9.17) is 4.74 Å². The summed E-state index contributed by atoms with van der Waals surface area (Å²) in [7, 11) is -3.80. The van der Waals surface area contributed by atoms with Crippen molar-refractivity contribution in [2.75, 3.05) is 16.6 Å². The van der Waals surface area contributed by atoms with Crippen LogP contribution >= 0.6 is 0 Å². The molecule has 5 rings (SSSR count). The van der Waals surface area contributed by atoms with Gasteiger partial charge >= 0.3 is 0 Å². The highest BCUT2D eigenvalue weighted by molar-refractivity contribution is 7.92. The van der Waals surface area contributed by atoms with E-state index in [1.54, 1.807) is 54.6 Å². The number of fused-ring (bicyclic) bond motifs is 3. The van der Waals surface area contributed by atoms with Crippen LogP contribution in [0, 0.1) is 16.0 Å². The number of ether oxygens (including phenoxy) is 1. The fraction of sp³-hybridized carbons (Fsp3) is 0.231. The lowest BCUT2D eigenvalue weighted by Gasteiger charge is -2.37. The number of nitrogens with zero attached hydrogens (tertiary/aromatic N) is 1. The first-order valence-electron chi connectivity index (χ1n) is 11.4. The van der Waals surface area contributed by atoms with Crippen molar-refractivity contribution in [3.63, 3.8) is 0 Å². The van der Waals surface area contributed by atoms with Crippen LogP contribution in [-0.2, 0) is 10.0 Å². The quantitative estimate of drug-likeness (QED) is 0.252. The minimum atomic E-state index is -3.80. The van der Waals surface area contributed by atoms with Gasteiger partial charge < -0.3 is 10.1 Å². The number of hydrogen-bond acceptors (Lipinski definition) is 6. The Kier molecular flexibility index (Phi) is 5.94. The van der Waals surface area contributed by atoms with Crippen molar-refractivity contribution < 1.29 is 18.1 Å². The summed E-state index contributed by atoms with van der Waals surface area (Å²) in [4.78, 5) is 11.1. The molecule has 2 N–H and O–H groups in total. The van der Waals surface area contributed by atoms with Gasteiger partial charge in [0.15, 0.2) is 0 Å². The van der Waals surface area contributed by atoms with Gasteiger partial charge in [-0.25, -0.2) is 8.42 Å². The average molecular weight is 492 g/mol. The van der Waals surface area contributed by atoms with E-state index in [0.717, 1.165) is 23.2 Å². The number of rotatable bonds is 7. The molecule has 0 bridgehead atoms. The van der Waals surface area contributed by atoms with Crippen molar-refractivity contribution >= 4 is 27.1 Å². The monoisotopic (exact) mass is 491 g/mol. The Morgan fingerprint density at radius 2 is 1.91 bits per heavy atom. The summed E-state index contributed by atoms with van der Waals surface area (Å²) in [6.45, 7) is 2.42. The molecule has 1 aliphatic carbocycles. The maximum atomic E-state index is 13.1. The molecule has 0 unspecified atom stereocenters. The van der Waals surface area contributed by atoms with E-state index >= 15 is 0 Å². The minimum Gasteiger partial charge on any atom is -0.494 e. The molecule has 0 fully saturated rings. The van der Waals surface area contributed by atoms with E-state index in [1.807, 2.05) is 13.0 Å². The first kappa shape index (κ1) is 22.9. The third-order valence-corrected chi connectivity index (χ3v) is 7.88. The van der Waals surface area contributed by atoms with Crippen LogP contribution in [0.4, 0.5) is 17.1 Å². The summed E-state index contributed by atoms with van der Waals surface area (Å²) in [6.07, 6.45) is 4.99. The second-order valence-electron chi connectivity index (χ2n) is 8.64. The normalized spacial score (nSPS) is 20.4. The van der Waals surface area contributed by atoms with Gasteiger partial charge in [0, 0.05) is 29.4 Å². The van der Waals surface area contributed by atoms with Crippen LogP contribution in [0.3, 0.4) is 0 Å².